The molecule has 0 radical (unpaired) electrons. The number of esters is 1. The van der Waals surface area contributed by atoms with Crippen LogP contribution in [0.25, 0.3) is 0 Å². The fourth-order valence-corrected chi connectivity index (χ4v) is 1.71. The van der Waals surface area contributed by atoms with Gasteiger partial charge in [0.05, 0.1) is 12.8 Å². The number of carbonyl (C=O) groups excluding carboxylic acids is 1. The van der Waals surface area contributed by atoms with E-state index in [0.29, 0.717) is 9.61 Å². The lowest BCUT2D eigenvalue weighted by Gasteiger charge is -2.04. The number of hydrogen-bond donors (Lipinski definition) is 1. The van der Waals surface area contributed by atoms with Crippen molar-refractivity contribution in [2.45, 2.75) is 6.04 Å². The molecule has 0 aliphatic heterocycles. The molecule has 0 aliphatic rings. The van der Waals surface area contributed by atoms with Crippen molar-refractivity contribution in [2.75, 3.05) is 7.11 Å². The van der Waals surface area contributed by atoms with Crippen LogP contribution in [0, 0.1) is 0 Å². The molecule has 0 aliphatic carbocycles. The Labute approximate surface area is 81.9 Å². The standard InChI is InChI=1S/C6H7BrN2O2S/c1-11-5(10)4(8)3-2-12-6(7)9-3/h2,4H,8H2,1H3. The first-order chi connectivity index (χ1) is 5.65. The minimum atomic E-state index is -0.780. The van der Waals surface area contributed by atoms with Gasteiger partial charge in [0.25, 0.3) is 0 Å². The first-order valence-corrected chi connectivity index (χ1v) is 4.76. The van der Waals surface area contributed by atoms with Crippen molar-refractivity contribution >= 4 is 33.2 Å². The van der Waals surface area contributed by atoms with Gasteiger partial charge in [0, 0.05) is 5.38 Å². The summed E-state index contributed by atoms with van der Waals surface area (Å²) in [5, 5.41) is 1.71. The van der Waals surface area contributed by atoms with Crippen molar-refractivity contribution in [3.63, 3.8) is 0 Å². The highest BCUT2D eigenvalue weighted by Gasteiger charge is 2.18. The van der Waals surface area contributed by atoms with Crippen LogP contribution >= 0.6 is 27.3 Å². The van der Waals surface area contributed by atoms with Crippen LogP contribution in [0.3, 0.4) is 0 Å². The van der Waals surface area contributed by atoms with Gasteiger partial charge in [-0.05, 0) is 15.9 Å². The molecule has 12 heavy (non-hydrogen) atoms. The predicted molar refractivity (Wildman–Crippen MR) is 48.8 cm³/mol. The van der Waals surface area contributed by atoms with Crippen LogP contribution in [0.15, 0.2) is 9.30 Å². The number of thiazole rings is 1. The van der Waals surface area contributed by atoms with Gasteiger partial charge in [0.2, 0.25) is 0 Å². The molecule has 1 unspecified atom stereocenters. The fraction of sp³-hybridized carbons (Fsp3) is 0.333. The number of ether oxygens (including phenoxy) is 1. The molecule has 1 atom stereocenters. The van der Waals surface area contributed by atoms with Crippen molar-refractivity contribution in [3.05, 3.63) is 15.0 Å². The zero-order valence-electron chi connectivity index (χ0n) is 6.28. The minimum absolute atomic E-state index is 0.479. The molecule has 0 amide bonds. The summed E-state index contributed by atoms with van der Waals surface area (Å²) < 4.78 is 5.17. The molecule has 1 aromatic heterocycles. The molecule has 0 bridgehead atoms. The average Bonchev–Trinajstić information content (AvgIpc) is 2.49. The molecule has 1 heterocycles. The van der Waals surface area contributed by atoms with E-state index in [1.165, 1.54) is 18.4 Å². The van der Waals surface area contributed by atoms with E-state index in [9.17, 15) is 4.79 Å². The lowest BCUT2D eigenvalue weighted by molar-refractivity contribution is -0.142. The number of rotatable bonds is 2. The Hall–Kier alpha value is -0.460. The van der Waals surface area contributed by atoms with Crippen molar-refractivity contribution < 1.29 is 9.53 Å². The maximum atomic E-state index is 10.9. The highest BCUT2D eigenvalue weighted by molar-refractivity contribution is 9.11. The average molecular weight is 251 g/mol. The van der Waals surface area contributed by atoms with E-state index in [1.807, 2.05) is 0 Å². The summed E-state index contributed by atoms with van der Waals surface area (Å²) in [5.74, 6) is -0.479. The molecule has 0 aromatic carbocycles. The number of hydrogen-bond acceptors (Lipinski definition) is 5. The van der Waals surface area contributed by atoms with Gasteiger partial charge in [0.1, 0.15) is 6.04 Å². The van der Waals surface area contributed by atoms with Crippen molar-refractivity contribution in [1.82, 2.24) is 4.98 Å². The topological polar surface area (TPSA) is 65.2 Å². The number of halogens is 1. The summed E-state index contributed by atoms with van der Waals surface area (Å²) >= 11 is 4.55. The third-order valence-electron chi connectivity index (χ3n) is 1.27. The minimum Gasteiger partial charge on any atom is -0.468 e. The quantitative estimate of drug-likeness (QED) is 0.798. The number of carbonyl (C=O) groups is 1. The van der Waals surface area contributed by atoms with E-state index >= 15 is 0 Å². The van der Waals surface area contributed by atoms with Crippen LogP contribution in [-0.4, -0.2) is 18.1 Å². The summed E-state index contributed by atoms with van der Waals surface area (Å²) in [7, 11) is 1.30. The second kappa shape index (κ2) is 3.97. The van der Waals surface area contributed by atoms with Crippen LogP contribution in [-0.2, 0) is 9.53 Å². The highest BCUT2D eigenvalue weighted by atomic mass is 79.9. The van der Waals surface area contributed by atoms with Crippen LogP contribution in [0.5, 0.6) is 0 Å². The fourth-order valence-electron chi connectivity index (χ4n) is 0.654. The maximum Gasteiger partial charge on any atom is 0.328 e. The van der Waals surface area contributed by atoms with Gasteiger partial charge >= 0.3 is 5.97 Å². The number of nitrogens with zero attached hydrogens (tertiary/aromatic N) is 1. The number of aromatic nitrogens is 1. The Morgan fingerprint density at radius 1 is 1.92 bits per heavy atom. The van der Waals surface area contributed by atoms with E-state index in [-0.39, 0.29) is 0 Å². The van der Waals surface area contributed by atoms with Gasteiger partial charge in [-0.3, -0.25) is 0 Å². The Kier molecular flexibility index (Phi) is 3.19. The van der Waals surface area contributed by atoms with Crippen LogP contribution in [0.1, 0.15) is 11.7 Å². The number of nitrogens with two attached hydrogens (primary N) is 1. The second-order valence-corrected chi connectivity index (χ2v) is 4.16. The lowest BCUT2D eigenvalue weighted by atomic mass is 10.2. The molecule has 4 nitrogen and oxygen atoms in total. The molecular weight excluding hydrogens is 244 g/mol. The Balaban J connectivity index is 2.77. The predicted octanol–water partition coefficient (Wildman–Crippen LogP) is 1.08. The number of methoxy groups -OCH3 is 1. The van der Waals surface area contributed by atoms with Crippen LogP contribution in [0.2, 0.25) is 0 Å². The van der Waals surface area contributed by atoms with Gasteiger partial charge in [-0.15, -0.1) is 11.3 Å². The zero-order chi connectivity index (χ0) is 9.14. The Bertz CT molecular complexity index is 289. The van der Waals surface area contributed by atoms with Gasteiger partial charge in [-0.2, -0.15) is 0 Å². The third kappa shape index (κ3) is 2.02. The van der Waals surface area contributed by atoms with Crippen molar-refractivity contribution in [3.8, 4) is 0 Å². The van der Waals surface area contributed by atoms with Crippen molar-refractivity contribution in [1.29, 1.82) is 0 Å². The molecule has 6 heteroatoms. The van der Waals surface area contributed by atoms with E-state index in [1.54, 1.807) is 5.38 Å². The van der Waals surface area contributed by atoms with E-state index in [0.717, 1.165) is 0 Å². The molecule has 1 aromatic rings. The smallest absolute Gasteiger partial charge is 0.328 e. The maximum absolute atomic E-state index is 10.9. The van der Waals surface area contributed by atoms with E-state index < -0.39 is 12.0 Å². The molecule has 0 saturated carbocycles. The van der Waals surface area contributed by atoms with Gasteiger partial charge in [-0.25, -0.2) is 9.78 Å². The molecule has 66 valence electrons. The molecule has 0 saturated heterocycles. The second-order valence-electron chi connectivity index (χ2n) is 2.03. The normalized spacial score (nSPS) is 12.6. The highest BCUT2D eigenvalue weighted by Crippen LogP contribution is 2.20. The monoisotopic (exact) mass is 250 g/mol. The van der Waals surface area contributed by atoms with Crippen molar-refractivity contribution in [2.24, 2.45) is 5.73 Å². The molecule has 2 N–H and O–H groups in total. The first-order valence-electron chi connectivity index (χ1n) is 3.09. The van der Waals surface area contributed by atoms with Gasteiger partial charge in [-0.1, -0.05) is 0 Å². The van der Waals surface area contributed by atoms with Gasteiger partial charge < -0.3 is 10.5 Å². The lowest BCUT2D eigenvalue weighted by Crippen LogP contribution is -2.22. The summed E-state index contributed by atoms with van der Waals surface area (Å²) in [4.78, 5) is 14.9. The summed E-state index contributed by atoms with van der Waals surface area (Å²) in [6, 6.07) is -0.780. The van der Waals surface area contributed by atoms with Crippen LogP contribution < -0.4 is 5.73 Å². The Morgan fingerprint density at radius 3 is 3.00 bits per heavy atom. The zero-order valence-corrected chi connectivity index (χ0v) is 8.68. The summed E-state index contributed by atoms with van der Waals surface area (Å²) in [5.41, 5.74) is 6.04. The largest absolute Gasteiger partial charge is 0.468 e. The van der Waals surface area contributed by atoms with Crippen LogP contribution in [0.4, 0.5) is 0 Å². The van der Waals surface area contributed by atoms with Gasteiger partial charge in [0.15, 0.2) is 3.92 Å². The van der Waals surface area contributed by atoms with E-state index in [4.69, 9.17) is 5.73 Å². The summed E-state index contributed by atoms with van der Waals surface area (Å²) in [6.45, 7) is 0. The summed E-state index contributed by atoms with van der Waals surface area (Å²) in [6.07, 6.45) is 0. The Morgan fingerprint density at radius 2 is 2.58 bits per heavy atom. The van der Waals surface area contributed by atoms with E-state index in [2.05, 4.69) is 25.7 Å². The molecule has 0 fully saturated rings. The molecule has 1 rings (SSSR count). The SMILES string of the molecule is COC(=O)C(N)c1csc(Br)n1. The molecular formula is C6H7BrN2O2S. The molecule has 0 spiro atoms. The first kappa shape index (κ1) is 9.63. The third-order valence-corrected chi connectivity index (χ3v) is 2.65.